The Morgan fingerprint density at radius 3 is 2.73 bits per heavy atom. The number of hydrogen-bond acceptors (Lipinski definition) is 7. The first-order valence-corrected chi connectivity index (χ1v) is 8.22. The number of nitrogens with zero attached hydrogens (tertiary/aromatic N) is 3. The molecule has 2 rings (SSSR count). The van der Waals surface area contributed by atoms with E-state index in [1.807, 2.05) is 6.92 Å². The van der Waals surface area contributed by atoms with Gasteiger partial charge in [0.25, 0.3) is 0 Å². The summed E-state index contributed by atoms with van der Waals surface area (Å²) < 4.78 is 4.82. The van der Waals surface area contributed by atoms with Crippen LogP contribution in [0.4, 0.5) is 5.82 Å². The smallest absolute Gasteiger partial charge is 0.348 e. The van der Waals surface area contributed by atoms with Crippen LogP contribution in [0, 0.1) is 6.92 Å². The van der Waals surface area contributed by atoms with E-state index in [0.717, 1.165) is 47.8 Å². The minimum atomic E-state index is -0.324. The molecule has 0 saturated heterocycles. The number of carbonyl (C=O) groups excluding carboxylic acids is 1. The number of likely N-dealkylation sites (N-methyl/N-ethyl adjacent to an activating group) is 1. The van der Waals surface area contributed by atoms with E-state index in [1.54, 1.807) is 0 Å². The lowest BCUT2D eigenvalue weighted by Gasteiger charge is -2.18. The van der Waals surface area contributed by atoms with Crippen LogP contribution in [-0.4, -0.2) is 54.1 Å². The molecule has 0 atom stereocenters. The summed E-state index contributed by atoms with van der Waals surface area (Å²) >= 11 is 1.34. The lowest BCUT2D eigenvalue weighted by Crippen LogP contribution is -2.28. The van der Waals surface area contributed by atoms with Gasteiger partial charge >= 0.3 is 5.97 Å². The fourth-order valence-electron chi connectivity index (χ4n) is 2.37. The van der Waals surface area contributed by atoms with Crippen molar-refractivity contribution >= 4 is 33.3 Å². The number of hydrogen-bond donors (Lipinski definition) is 1. The minimum absolute atomic E-state index is 0.324. The number of rotatable bonds is 7. The third kappa shape index (κ3) is 3.36. The van der Waals surface area contributed by atoms with Crippen molar-refractivity contribution in [2.24, 2.45) is 0 Å². The molecule has 2 aromatic heterocycles. The van der Waals surface area contributed by atoms with Gasteiger partial charge < -0.3 is 15.0 Å². The first-order chi connectivity index (χ1) is 10.6. The summed E-state index contributed by atoms with van der Waals surface area (Å²) in [7, 11) is 1.39. The van der Waals surface area contributed by atoms with E-state index in [0.29, 0.717) is 4.88 Å². The zero-order valence-corrected chi connectivity index (χ0v) is 14.3. The summed E-state index contributed by atoms with van der Waals surface area (Å²) in [6.45, 7) is 10.0. The minimum Gasteiger partial charge on any atom is -0.465 e. The number of methoxy groups -OCH3 is 1. The first-order valence-electron chi connectivity index (χ1n) is 7.40. The Morgan fingerprint density at radius 2 is 2.09 bits per heavy atom. The molecule has 0 aliphatic carbocycles. The predicted octanol–water partition coefficient (Wildman–Crippen LogP) is 2.54. The lowest BCUT2D eigenvalue weighted by molar-refractivity contribution is 0.0605. The predicted molar refractivity (Wildman–Crippen MR) is 89.8 cm³/mol. The molecule has 0 fully saturated rings. The van der Waals surface area contributed by atoms with Gasteiger partial charge in [-0.25, -0.2) is 14.8 Å². The van der Waals surface area contributed by atoms with Crippen LogP contribution in [0.2, 0.25) is 0 Å². The summed E-state index contributed by atoms with van der Waals surface area (Å²) in [6.07, 6.45) is 1.53. The molecule has 2 heterocycles. The number of aromatic nitrogens is 2. The number of nitrogens with one attached hydrogen (secondary N) is 1. The van der Waals surface area contributed by atoms with Crippen molar-refractivity contribution < 1.29 is 9.53 Å². The van der Waals surface area contributed by atoms with Gasteiger partial charge in [0.15, 0.2) is 0 Å². The Bertz CT molecular complexity index is 652. The van der Waals surface area contributed by atoms with Crippen LogP contribution in [0.1, 0.15) is 29.1 Å². The number of esters is 1. The molecule has 0 aliphatic heterocycles. The number of fused-ring (bicyclic) bond motifs is 1. The van der Waals surface area contributed by atoms with Crippen LogP contribution in [0.3, 0.4) is 0 Å². The maximum Gasteiger partial charge on any atom is 0.348 e. The van der Waals surface area contributed by atoms with Crippen molar-refractivity contribution in [1.29, 1.82) is 0 Å². The highest BCUT2D eigenvalue weighted by Gasteiger charge is 2.19. The molecule has 0 aromatic carbocycles. The van der Waals surface area contributed by atoms with Gasteiger partial charge in [0.1, 0.15) is 21.9 Å². The highest BCUT2D eigenvalue weighted by molar-refractivity contribution is 7.20. The fourth-order valence-corrected chi connectivity index (χ4v) is 3.43. The molecule has 120 valence electrons. The largest absolute Gasteiger partial charge is 0.465 e. The number of anilines is 1. The maximum atomic E-state index is 11.8. The third-order valence-electron chi connectivity index (χ3n) is 3.71. The second-order valence-corrected chi connectivity index (χ2v) is 5.90. The highest BCUT2D eigenvalue weighted by atomic mass is 32.1. The summed E-state index contributed by atoms with van der Waals surface area (Å²) in [6, 6.07) is 0. The van der Waals surface area contributed by atoms with Crippen LogP contribution in [-0.2, 0) is 4.74 Å². The lowest BCUT2D eigenvalue weighted by atomic mass is 10.2. The average molecular weight is 322 g/mol. The second-order valence-electron chi connectivity index (χ2n) is 4.90. The van der Waals surface area contributed by atoms with Crippen molar-refractivity contribution in [3.05, 3.63) is 16.8 Å². The van der Waals surface area contributed by atoms with Crippen molar-refractivity contribution in [2.75, 3.05) is 38.6 Å². The highest BCUT2D eigenvalue weighted by Crippen LogP contribution is 2.33. The van der Waals surface area contributed by atoms with Gasteiger partial charge in [-0.15, -0.1) is 11.3 Å². The second kappa shape index (κ2) is 7.51. The number of carbonyl (C=O) groups is 1. The molecule has 7 heteroatoms. The third-order valence-corrected chi connectivity index (χ3v) is 4.89. The summed E-state index contributed by atoms with van der Waals surface area (Å²) in [4.78, 5) is 24.1. The van der Waals surface area contributed by atoms with Crippen molar-refractivity contribution in [2.45, 2.75) is 20.8 Å². The van der Waals surface area contributed by atoms with Crippen LogP contribution in [0.25, 0.3) is 10.2 Å². The van der Waals surface area contributed by atoms with E-state index in [1.165, 1.54) is 24.8 Å². The molecule has 0 saturated carbocycles. The Balaban J connectivity index is 2.23. The normalized spacial score (nSPS) is 11.1. The Kier molecular flexibility index (Phi) is 5.68. The van der Waals surface area contributed by atoms with E-state index in [4.69, 9.17) is 4.74 Å². The summed E-state index contributed by atoms with van der Waals surface area (Å²) in [5.74, 6) is 0.454. The molecule has 0 spiro atoms. The van der Waals surface area contributed by atoms with Crippen molar-refractivity contribution in [3.63, 3.8) is 0 Å². The molecule has 22 heavy (non-hydrogen) atoms. The quantitative estimate of drug-likeness (QED) is 0.790. The van der Waals surface area contributed by atoms with Crippen LogP contribution < -0.4 is 5.32 Å². The molecule has 6 nitrogen and oxygen atoms in total. The molecular formula is C15H22N4O2S. The van der Waals surface area contributed by atoms with E-state index >= 15 is 0 Å². The first kappa shape index (κ1) is 16.6. The Morgan fingerprint density at radius 1 is 1.36 bits per heavy atom. The standard InChI is InChI=1S/C15H22N4O2S/c1-5-19(6-2)8-7-16-13-11-10(3)12(15(20)21-4)22-14(11)18-9-17-13/h9H,5-8H2,1-4H3,(H,16,17,18). The van der Waals surface area contributed by atoms with Gasteiger partial charge in [-0.1, -0.05) is 13.8 Å². The van der Waals surface area contributed by atoms with E-state index < -0.39 is 0 Å². The summed E-state index contributed by atoms with van der Waals surface area (Å²) in [5, 5.41) is 4.27. The average Bonchev–Trinajstić information content (AvgIpc) is 2.88. The molecule has 0 amide bonds. The fraction of sp³-hybridized carbons (Fsp3) is 0.533. The molecule has 2 aromatic rings. The SMILES string of the molecule is CCN(CC)CCNc1ncnc2sc(C(=O)OC)c(C)c12. The van der Waals surface area contributed by atoms with Gasteiger partial charge in [-0.05, 0) is 25.6 Å². The van der Waals surface area contributed by atoms with Gasteiger partial charge in [-0.3, -0.25) is 0 Å². The Hall–Kier alpha value is -1.73. The molecule has 0 aliphatic rings. The monoisotopic (exact) mass is 322 g/mol. The van der Waals surface area contributed by atoms with E-state index in [9.17, 15) is 4.79 Å². The van der Waals surface area contributed by atoms with Gasteiger partial charge in [0, 0.05) is 13.1 Å². The number of aryl methyl sites for hydroxylation is 1. The van der Waals surface area contributed by atoms with Crippen molar-refractivity contribution in [3.8, 4) is 0 Å². The maximum absolute atomic E-state index is 11.8. The van der Waals surface area contributed by atoms with Gasteiger partial charge in [0.2, 0.25) is 0 Å². The molecule has 0 unspecified atom stereocenters. The zero-order valence-electron chi connectivity index (χ0n) is 13.5. The van der Waals surface area contributed by atoms with E-state index in [-0.39, 0.29) is 5.97 Å². The van der Waals surface area contributed by atoms with Gasteiger partial charge in [0.05, 0.1) is 12.5 Å². The van der Waals surface area contributed by atoms with Crippen LogP contribution >= 0.6 is 11.3 Å². The number of thiophene rings is 1. The molecule has 0 bridgehead atoms. The summed E-state index contributed by atoms with van der Waals surface area (Å²) in [5.41, 5.74) is 0.873. The molecule has 1 N–H and O–H groups in total. The zero-order chi connectivity index (χ0) is 16.1. The van der Waals surface area contributed by atoms with Crippen molar-refractivity contribution in [1.82, 2.24) is 14.9 Å². The topological polar surface area (TPSA) is 67.3 Å². The Labute approximate surface area is 134 Å². The van der Waals surface area contributed by atoms with Crippen LogP contribution in [0.15, 0.2) is 6.33 Å². The van der Waals surface area contributed by atoms with Gasteiger partial charge in [-0.2, -0.15) is 0 Å². The van der Waals surface area contributed by atoms with Crippen LogP contribution in [0.5, 0.6) is 0 Å². The molecular weight excluding hydrogens is 300 g/mol. The number of ether oxygens (including phenoxy) is 1. The molecule has 0 radical (unpaired) electrons. The van der Waals surface area contributed by atoms with E-state index in [2.05, 4.69) is 34.0 Å².